The van der Waals surface area contributed by atoms with Crippen molar-refractivity contribution in [3.8, 4) is 6.07 Å². The molecule has 1 amide bonds. The summed E-state index contributed by atoms with van der Waals surface area (Å²) in [5.41, 5.74) is 3.58. The lowest BCUT2D eigenvalue weighted by Crippen LogP contribution is -2.36. The Morgan fingerprint density at radius 1 is 1.30 bits per heavy atom. The van der Waals surface area contributed by atoms with E-state index in [-0.39, 0.29) is 5.91 Å². The Hall–Kier alpha value is -2.67. The number of carbonyl (C=O) groups is 1. The van der Waals surface area contributed by atoms with Gasteiger partial charge in [0.15, 0.2) is 0 Å². The molecule has 0 aliphatic carbocycles. The van der Waals surface area contributed by atoms with E-state index in [4.69, 9.17) is 5.26 Å². The summed E-state index contributed by atoms with van der Waals surface area (Å²) in [6, 6.07) is 11.4. The fourth-order valence-electron chi connectivity index (χ4n) is 2.47. The van der Waals surface area contributed by atoms with Gasteiger partial charge in [-0.15, -0.1) is 0 Å². The van der Waals surface area contributed by atoms with Crippen molar-refractivity contribution >= 4 is 5.91 Å². The molecule has 2 aromatic rings. The number of fused-ring (bicyclic) bond motifs is 1. The van der Waals surface area contributed by atoms with Crippen molar-refractivity contribution in [3.63, 3.8) is 0 Å². The standard InChI is InChI=1S/C16H13N3O/c17-9-12-3-4-15-11-19(7-5-13(15)8-12)16(20)14-2-1-6-18-10-14/h1-4,6,8,10H,5,7,11H2. The Morgan fingerprint density at radius 3 is 2.95 bits per heavy atom. The van der Waals surface area contributed by atoms with Gasteiger partial charge >= 0.3 is 0 Å². The van der Waals surface area contributed by atoms with Crippen LogP contribution in [0.5, 0.6) is 0 Å². The average Bonchev–Trinajstić information content (AvgIpc) is 2.54. The van der Waals surface area contributed by atoms with Crippen LogP contribution in [0.1, 0.15) is 27.0 Å². The molecule has 0 bridgehead atoms. The summed E-state index contributed by atoms with van der Waals surface area (Å²) < 4.78 is 0. The van der Waals surface area contributed by atoms with Crippen molar-refractivity contribution in [2.45, 2.75) is 13.0 Å². The van der Waals surface area contributed by atoms with Gasteiger partial charge < -0.3 is 4.90 Å². The van der Waals surface area contributed by atoms with Crippen LogP contribution in [-0.4, -0.2) is 22.3 Å². The quantitative estimate of drug-likeness (QED) is 0.792. The van der Waals surface area contributed by atoms with Crippen LogP contribution in [-0.2, 0) is 13.0 Å². The highest BCUT2D eigenvalue weighted by atomic mass is 16.2. The summed E-state index contributed by atoms with van der Waals surface area (Å²) in [7, 11) is 0. The van der Waals surface area contributed by atoms with Gasteiger partial charge in [-0.2, -0.15) is 5.26 Å². The number of pyridine rings is 1. The summed E-state index contributed by atoms with van der Waals surface area (Å²) >= 11 is 0. The smallest absolute Gasteiger partial charge is 0.255 e. The van der Waals surface area contributed by atoms with Gasteiger partial charge in [-0.1, -0.05) is 6.07 Å². The molecule has 0 saturated heterocycles. The molecule has 0 N–H and O–H groups in total. The molecular weight excluding hydrogens is 250 g/mol. The number of hydrogen-bond donors (Lipinski definition) is 0. The number of amides is 1. The highest BCUT2D eigenvalue weighted by Crippen LogP contribution is 2.21. The van der Waals surface area contributed by atoms with Crippen molar-refractivity contribution in [3.05, 3.63) is 65.0 Å². The van der Waals surface area contributed by atoms with Gasteiger partial charge in [-0.3, -0.25) is 9.78 Å². The van der Waals surface area contributed by atoms with Crippen LogP contribution in [0.2, 0.25) is 0 Å². The van der Waals surface area contributed by atoms with E-state index in [1.54, 1.807) is 30.6 Å². The van der Waals surface area contributed by atoms with E-state index in [0.717, 1.165) is 12.0 Å². The fourth-order valence-corrected chi connectivity index (χ4v) is 2.47. The first-order valence-corrected chi connectivity index (χ1v) is 6.49. The minimum absolute atomic E-state index is 0.00751. The molecule has 0 fully saturated rings. The topological polar surface area (TPSA) is 57.0 Å². The number of carbonyl (C=O) groups excluding carboxylic acids is 1. The number of nitrogens with zero attached hydrogens (tertiary/aromatic N) is 3. The zero-order chi connectivity index (χ0) is 13.9. The number of nitriles is 1. The van der Waals surface area contributed by atoms with Gasteiger partial charge in [-0.05, 0) is 41.8 Å². The zero-order valence-electron chi connectivity index (χ0n) is 10.9. The summed E-state index contributed by atoms with van der Waals surface area (Å²) in [6.07, 6.45) is 4.04. The molecule has 0 atom stereocenters. The van der Waals surface area contributed by atoms with Gasteiger partial charge in [0.05, 0.1) is 17.2 Å². The summed E-state index contributed by atoms with van der Waals surface area (Å²) in [5, 5.41) is 8.91. The van der Waals surface area contributed by atoms with Crippen LogP contribution in [0, 0.1) is 11.3 Å². The molecule has 2 heterocycles. The van der Waals surface area contributed by atoms with Crippen molar-refractivity contribution in [1.29, 1.82) is 5.26 Å². The second-order valence-corrected chi connectivity index (χ2v) is 4.81. The largest absolute Gasteiger partial charge is 0.334 e. The van der Waals surface area contributed by atoms with E-state index in [0.29, 0.717) is 24.2 Å². The molecule has 20 heavy (non-hydrogen) atoms. The third-order valence-corrected chi connectivity index (χ3v) is 3.54. The lowest BCUT2D eigenvalue weighted by atomic mass is 9.97. The van der Waals surface area contributed by atoms with E-state index in [1.807, 2.05) is 17.0 Å². The third kappa shape index (κ3) is 2.26. The second-order valence-electron chi connectivity index (χ2n) is 4.81. The molecule has 1 aliphatic rings. The Morgan fingerprint density at radius 2 is 2.20 bits per heavy atom. The van der Waals surface area contributed by atoms with E-state index in [2.05, 4.69) is 11.1 Å². The Balaban J connectivity index is 1.83. The molecule has 1 aromatic carbocycles. The van der Waals surface area contributed by atoms with Crippen LogP contribution >= 0.6 is 0 Å². The monoisotopic (exact) mass is 263 g/mol. The van der Waals surface area contributed by atoms with Crippen LogP contribution in [0.3, 0.4) is 0 Å². The lowest BCUT2D eigenvalue weighted by Gasteiger charge is -2.29. The third-order valence-electron chi connectivity index (χ3n) is 3.54. The summed E-state index contributed by atoms with van der Waals surface area (Å²) in [6.45, 7) is 1.27. The average molecular weight is 263 g/mol. The second kappa shape index (κ2) is 5.14. The first-order chi connectivity index (χ1) is 9.78. The van der Waals surface area contributed by atoms with Crippen LogP contribution in [0.25, 0.3) is 0 Å². The van der Waals surface area contributed by atoms with E-state index < -0.39 is 0 Å². The first kappa shape index (κ1) is 12.4. The SMILES string of the molecule is N#Cc1ccc2c(c1)CCN(C(=O)c1cccnc1)C2. The van der Waals surface area contributed by atoms with Gasteiger partial charge in [0, 0.05) is 25.5 Å². The normalized spacial score (nSPS) is 13.4. The van der Waals surface area contributed by atoms with Gasteiger partial charge in [0.1, 0.15) is 0 Å². The fraction of sp³-hybridized carbons (Fsp3) is 0.188. The van der Waals surface area contributed by atoms with Crippen molar-refractivity contribution < 1.29 is 4.79 Å². The van der Waals surface area contributed by atoms with Crippen molar-refractivity contribution in [2.75, 3.05) is 6.54 Å². The molecule has 1 aromatic heterocycles. The van der Waals surface area contributed by atoms with E-state index in [1.165, 1.54) is 5.56 Å². The number of rotatable bonds is 1. The first-order valence-electron chi connectivity index (χ1n) is 6.49. The maximum absolute atomic E-state index is 12.4. The molecule has 3 rings (SSSR count). The highest BCUT2D eigenvalue weighted by Gasteiger charge is 2.21. The maximum atomic E-state index is 12.4. The molecular formula is C16H13N3O. The highest BCUT2D eigenvalue weighted by molar-refractivity contribution is 5.94. The van der Waals surface area contributed by atoms with Gasteiger partial charge in [0.25, 0.3) is 5.91 Å². The zero-order valence-corrected chi connectivity index (χ0v) is 10.9. The van der Waals surface area contributed by atoms with Gasteiger partial charge in [0.2, 0.25) is 0 Å². The summed E-state index contributed by atoms with van der Waals surface area (Å²) in [4.78, 5) is 18.2. The minimum atomic E-state index is 0.00751. The van der Waals surface area contributed by atoms with Crippen LogP contribution < -0.4 is 0 Å². The molecule has 4 heteroatoms. The molecule has 4 nitrogen and oxygen atoms in total. The van der Waals surface area contributed by atoms with E-state index in [9.17, 15) is 4.79 Å². The van der Waals surface area contributed by atoms with Crippen molar-refractivity contribution in [2.24, 2.45) is 0 Å². The van der Waals surface area contributed by atoms with Crippen LogP contribution in [0.4, 0.5) is 0 Å². The molecule has 0 unspecified atom stereocenters. The Bertz CT molecular complexity index is 689. The van der Waals surface area contributed by atoms with Gasteiger partial charge in [-0.25, -0.2) is 0 Å². The number of hydrogen-bond acceptors (Lipinski definition) is 3. The van der Waals surface area contributed by atoms with E-state index >= 15 is 0 Å². The number of benzene rings is 1. The summed E-state index contributed by atoms with van der Waals surface area (Å²) in [5.74, 6) is 0.00751. The molecule has 0 radical (unpaired) electrons. The Labute approximate surface area is 117 Å². The molecule has 0 saturated carbocycles. The van der Waals surface area contributed by atoms with Crippen LogP contribution in [0.15, 0.2) is 42.7 Å². The molecule has 1 aliphatic heterocycles. The predicted molar refractivity (Wildman–Crippen MR) is 73.8 cm³/mol. The minimum Gasteiger partial charge on any atom is -0.334 e. The molecule has 0 spiro atoms. The predicted octanol–water partition coefficient (Wildman–Crippen LogP) is 2.15. The maximum Gasteiger partial charge on any atom is 0.255 e. The number of aromatic nitrogens is 1. The Kier molecular flexibility index (Phi) is 3.18. The van der Waals surface area contributed by atoms with Crippen molar-refractivity contribution in [1.82, 2.24) is 9.88 Å². The lowest BCUT2D eigenvalue weighted by molar-refractivity contribution is 0.0734. The molecule has 98 valence electrons.